The van der Waals surface area contributed by atoms with Gasteiger partial charge in [0, 0.05) is 19.4 Å². The molecule has 1 aromatic carbocycles. The van der Waals surface area contributed by atoms with Crippen LogP contribution in [-0.2, 0) is 14.3 Å². The van der Waals surface area contributed by atoms with E-state index in [0.29, 0.717) is 41.5 Å². The second-order valence-corrected chi connectivity index (χ2v) is 8.32. The van der Waals surface area contributed by atoms with Crippen LogP contribution in [0.5, 0.6) is 0 Å². The Bertz CT molecular complexity index is 900. The minimum absolute atomic E-state index is 0.0507. The molecule has 1 fully saturated rings. The number of carbonyl (C=O) groups is 2. The van der Waals surface area contributed by atoms with Crippen LogP contribution in [0.4, 0.5) is 8.78 Å². The second kappa shape index (κ2) is 9.49. The predicted molar refractivity (Wildman–Crippen MR) is 110 cm³/mol. The van der Waals surface area contributed by atoms with Crippen molar-refractivity contribution in [3.63, 3.8) is 0 Å². The fourth-order valence-electron chi connectivity index (χ4n) is 3.04. The Morgan fingerprint density at radius 1 is 1.34 bits per heavy atom. The van der Waals surface area contributed by atoms with E-state index < -0.39 is 23.7 Å². The number of thiocarbonyl (C=S) groups is 1. The van der Waals surface area contributed by atoms with Crippen molar-refractivity contribution >= 4 is 45.9 Å². The molecule has 9 heteroatoms. The summed E-state index contributed by atoms with van der Waals surface area (Å²) in [7, 11) is 0. The van der Waals surface area contributed by atoms with Crippen LogP contribution < -0.4 is 0 Å². The second-order valence-electron chi connectivity index (χ2n) is 6.64. The Morgan fingerprint density at radius 2 is 2.14 bits per heavy atom. The fraction of sp³-hybridized carbons (Fsp3) is 0.350. The molecular weight excluding hydrogens is 420 g/mol. The standard InChI is InChI=1S/C20H19F2NO4S2/c21-12-5-7-15(22)14(10-12)16-8-6-13(27-16)11-17-19(26)23(20(28)29-17)9-3-1-2-4-18(24)25/h5,7-8,10-11,13H,1-4,6,9H2,(H,24,25)/b17-11-. The van der Waals surface area contributed by atoms with Crippen molar-refractivity contribution in [2.45, 2.75) is 38.2 Å². The first-order valence-electron chi connectivity index (χ1n) is 9.14. The number of ether oxygens (including phenoxy) is 1. The highest BCUT2D eigenvalue weighted by atomic mass is 32.2. The number of nitrogens with zero attached hydrogens (tertiary/aromatic N) is 1. The Morgan fingerprint density at radius 3 is 2.90 bits per heavy atom. The minimum atomic E-state index is -0.832. The summed E-state index contributed by atoms with van der Waals surface area (Å²) in [6.07, 6.45) is 5.33. The lowest BCUT2D eigenvalue weighted by molar-refractivity contribution is -0.137. The molecule has 2 aliphatic heterocycles. The van der Waals surface area contributed by atoms with E-state index in [1.54, 1.807) is 12.2 Å². The maximum absolute atomic E-state index is 13.9. The van der Waals surface area contributed by atoms with Crippen LogP contribution in [0.25, 0.3) is 5.76 Å². The Labute approximate surface area is 176 Å². The molecule has 154 valence electrons. The van der Waals surface area contributed by atoms with Crippen LogP contribution in [0.1, 0.15) is 37.7 Å². The number of halogens is 2. The molecule has 1 atom stereocenters. The van der Waals surface area contributed by atoms with E-state index in [9.17, 15) is 18.4 Å². The highest BCUT2D eigenvalue weighted by molar-refractivity contribution is 8.26. The maximum Gasteiger partial charge on any atom is 0.303 e. The van der Waals surface area contributed by atoms with Gasteiger partial charge < -0.3 is 9.84 Å². The summed E-state index contributed by atoms with van der Waals surface area (Å²) >= 11 is 6.45. The number of amides is 1. The number of benzene rings is 1. The van der Waals surface area contributed by atoms with Gasteiger partial charge in [-0.2, -0.15) is 0 Å². The summed E-state index contributed by atoms with van der Waals surface area (Å²) < 4.78 is 33.5. The molecule has 1 unspecified atom stereocenters. The van der Waals surface area contributed by atoms with E-state index in [4.69, 9.17) is 22.1 Å². The third-order valence-electron chi connectivity index (χ3n) is 4.49. The summed E-state index contributed by atoms with van der Waals surface area (Å²) in [5.41, 5.74) is 0.0507. The van der Waals surface area contributed by atoms with E-state index in [1.807, 2.05) is 0 Å². The average Bonchev–Trinajstić information content (AvgIpc) is 3.23. The van der Waals surface area contributed by atoms with Gasteiger partial charge in [0.05, 0.1) is 10.5 Å². The van der Waals surface area contributed by atoms with Crippen molar-refractivity contribution in [2.24, 2.45) is 0 Å². The van der Waals surface area contributed by atoms with E-state index in [1.165, 1.54) is 16.7 Å². The van der Waals surface area contributed by atoms with Crippen LogP contribution >= 0.6 is 24.0 Å². The number of hydrogen-bond acceptors (Lipinski definition) is 5. The lowest BCUT2D eigenvalue weighted by atomic mass is 10.1. The number of aliphatic carboxylic acids is 1. The molecule has 1 amide bonds. The Hall–Kier alpha value is -2.26. The third-order valence-corrected chi connectivity index (χ3v) is 5.89. The molecule has 0 aromatic heterocycles. The Kier molecular flexibility index (Phi) is 7.02. The molecule has 5 nitrogen and oxygen atoms in total. The lowest BCUT2D eigenvalue weighted by Crippen LogP contribution is -2.29. The Balaban J connectivity index is 1.56. The summed E-state index contributed by atoms with van der Waals surface area (Å²) in [6.45, 7) is 0.436. The molecule has 1 aromatic rings. The van der Waals surface area contributed by atoms with E-state index in [0.717, 1.165) is 18.2 Å². The van der Waals surface area contributed by atoms with Crippen molar-refractivity contribution < 1.29 is 28.2 Å². The molecule has 2 aliphatic rings. The normalized spacial score (nSPS) is 20.3. The molecule has 2 heterocycles. The minimum Gasteiger partial charge on any atom is -0.486 e. The van der Waals surface area contributed by atoms with Crippen molar-refractivity contribution in [1.29, 1.82) is 0 Å². The van der Waals surface area contributed by atoms with Crippen molar-refractivity contribution in [1.82, 2.24) is 4.90 Å². The van der Waals surface area contributed by atoms with Crippen LogP contribution in [0.15, 0.2) is 35.3 Å². The van der Waals surface area contributed by atoms with E-state index in [-0.39, 0.29) is 23.7 Å². The van der Waals surface area contributed by atoms with Gasteiger partial charge >= 0.3 is 5.97 Å². The molecule has 3 rings (SSSR count). The summed E-state index contributed by atoms with van der Waals surface area (Å²) in [5, 5.41) is 8.65. The molecular formula is C20H19F2NO4S2. The highest BCUT2D eigenvalue weighted by Gasteiger charge is 2.33. The van der Waals surface area contributed by atoms with Crippen LogP contribution in [0.3, 0.4) is 0 Å². The number of carboxylic acid groups (broad SMARTS) is 1. The highest BCUT2D eigenvalue weighted by Crippen LogP contribution is 2.35. The van der Waals surface area contributed by atoms with Gasteiger partial charge in [-0.15, -0.1) is 0 Å². The first-order valence-corrected chi connectivity index (χ1v) is 10.4. The van der Waals surface area contributed by atoms with Gasteiger partial charge in [0.15, 0.2) is 0 Å². The number of carboxylic acids is 1. The molecule has 29 heavy (non-hydrogen) atoms. The predicted octanol–water partition coefficient (Wildman–Crippen LogP) is 4.48. The largest absolute Gasteiger partial charge is 0.486 e. The van der Waals surface area contributed by atoms with Crippen molar-refractivity contribution in [3.05, 3.63) is 52.5 Å². The zero-order valence-electron chi connectivity index (χ0n) is 15.4. The van der Waals surface area contributed by atoms with Crippen LogP contribution in [0, 0.1) is 11.6 Å². The topological polar surface area (TPSA) is 66.8 Å². The van der Waals surface area contributed by atoms with Crippen LogP contribution in [0.2, 0.25) is 0 Å². The lowest BCUT2D eigenvalue weighted by Gasteiger charge is -2.14. The molecule has 0 radical (unpaired) electrons. The average molecular weight is 440 g/mol. The number of hydrogen-bond donors (Lipinski definition) is 1. The number of unbranched alkanes of at least 4 members (excludes halogenated alkanes) is 2. The van der Waals surface area contributed by atoms with Gasteiger partial charge in [0.25, 0.3) is 5.91 Å². The van der Waals surface area contributed by atoms with Crippen molar-refractivity contribution in [3.8, 4) is 0 Å². The first-order chi connectivity index (χ1) is 13.8. The molecule has 0 bridgehead atoms. The molecule has 1 N–H and O–H groups in total. The number of carbonyl (C=O) groups excluding carboxylic acids is 1. The summed E-state index contributed by atoms with van der Waals surface area (Å²) in [4.78, 5) is 25.1. The first kappa shape index (κ1) is 21.4. The molecule has 0 spiro atoms. The SMILES string of the molecule is O=C(O)CCCCCN1C(=O)/C(=C/C2CC=C(c3cc(F)ccc3F)O2)SC1=S. The number of thioether (sulfide) groups is 1. The zero-order valence-corrected chi connectivity index (χ0v) is 17.0. The summed E-state index contributed by atoms with van der Waals surface area (Å²) in [6, 6.07) is 3.16. The molecule has 1 saturated heterocycles. The maximum atomic E-state index is 13.9. The van der Waals surface area contributed by atoms with Gasteiger partial charge in [0.1, 0.15) is 27.8 Å². The molecule has 0 aliphatic carbocycles. The van der Waals surface area contributed by atoms with E-state index in [2.05, 4.69) is 0 Å². The monoisotopic (exact) mass is 439 g/mol. The quantitative estimate of drug-likeness (QED) is 0.366. The van der Waals surface area contributed by atoms with Gasteiger partial charge in [-0.1, -0.05) is 30.4 Å². The van der Waals surface area contributed by atoms with Gasteiger partial charge in [-0.3, -0.25) is 14.5 Å². The fourth-order valence-corrected chi connectivity index (χ4v) is 4.38. The summed E-state index contributed by atoms with van der Waals surface area (Å²) in [5.74, 6) is -1.93. The van der Waals surface area contributed by atoms with Gasteiger partial charge in [-0.25, -0.2) is 8.78 Å². The zero-order chi connectivity index (χ0) is 21.0. The van der Waals surface area contributed by atoms with Gasteiger partial charge in [0.2, 0.25) is 0 Å². The smallest absolute Gasteiger partial charge is 0.303 e. The number of rotatable bonds is 8. The van der Waals surface area contributed by atoms with Gasteiger partial charge in [-0.05, 0) is 43.2 Å². The van der Waals surface area contributed by atoms with Crippen LogP contribution in [-0.4, -0.2) is 38.9 Å². The molecule has 0 saturated carbocycles. The third kappa shape index (κ3) is 5.42. The van der Waals surface area contributed by atoms with Crippen molar-refractivity contribution in [2.75, 3.05) is 6.54 Å². The van der Waals surface area contributed by atoms with E-state index >= 15 is 0 Å².